The number of rotatable bonds is 9. The number of aliphatic hydroxyl groups is 1. The van der Waals surface area contributed by atoms with E-state index in [0.717, 1.165) is 49.7 Å². The number of amides is 1. The number of nitrogens with one attached hydrogen (secondary N) is 1. The van der Waals surface area contributed by atoms with Gasteiger partial charge in [0.1, 0.15) is 24.3 Å². The van der Waals surface area contributed by atoms with Crippen LogP contribution in [0.1, 0.15) is 87.7 Å². The fraction of sp³-hybridized carbons (Fsp3) is 0.577. The van der Waals surface area contributed by atoms with Crippen LogP contribution in [0, 0.1) is 0 Å². The number of hydrogen-bond donors (Lipinski definition) is 3. The molecular weight excluding hydrogens is 446 g/mol. The first kappa shape index (κ1) is 25.0. The van der Waals surface area contributed by atoms with Crippen LogP contribution in [0.5, 0.6) is 5.75 Å². The molecule has 2 aromatic rings. The van der Waals surface area contributed by atoms with Gasteiger partial charge < -0.3 is 25.6 Å². The second kappa shape index (κ2) is 10.3. The number of aliphatic imine (C=N–C) groups is 1. The number of carbonyl (C=O) groups is 1. The molecule has 0 atom stereocenters. The maximum Gasteiger partial charge on any atom is 0.255 e. The molecule has 35 heavy (non-hydrogen) atoms. The largest absolute Gasteiger partial charge is 0.489 e. The number of ether oxygens (including phenoxy) is 2. The van der Waals surface area contributed by atoms with E-state index in [9.17, 15) is 9.90 Å². The minimum atomic E-state index is -0.932. The quantitative estimate of drug-likeness (QED) is 0.369. The minimum absolute atomic E-state index is 0.0709. The van der Waals surface area contributed by atoms with Crippen molar-refractivity contribution < 1.29 is 19.4 Å². The van der Waals surface area contributed by atoms with Crippen LogP contribution in [0.15, 0.2) is 35.7 Å². The van der Waals surface area contributed by atoms with Crippen molar-refractivity contribution in [2.24, 2.45) is 10.7 Å². The van der Waals surface area contributed by atoms with Crippen LogP contribution < -0.4 is 15.8 Å². The molecule has 0 radical (unpaired) electrons. The molecule has 4 rings (SSSR count). The Hall–Kier alpha value is -3.07. The molecule has 0 spiro atoms. The van der Waals surface area contributed by atoms with Crippen molar-refractivity contribution in [3.05, 3.63) is 42.0 Å². The SMILES string of the molecule is C=C(N)/N=C(\CC)OC1CCC(NC(=O)c2cnn3c(C4CC4)c(OCC(C)(C)O)ccc23)CC1. The predicted octanol–water partition coefficient (Wildman–Crippen LogP) is 3.66. The summed E-state index contributed by atoms with van der Waals surface area (Å²) in [5, 5.41) is 17.8. The maximum absolute atomic E-state index is 13.2. The van der Waals surface area contributed by atoms with E-state index in [1.54, 1.807) is 20.0 Å². The lowest BCUT2D eigenvalue weighted by Gasteiger charge is -2.29. The molecule has 2 saturated carbocycles. The summed E-state index contributed by atoms with van der Waals surface area (Å²) in [6.45, 7) is 9.20. The first-order valence-corrected chi connectivity index (χ1v) is 12.5. The Morgan fingerprint density at radius 1 is 1.29 bits per heavy atom. The fourth-order valence-electron chi connectivity index (χ4n) is 4.47. The van der Waals surface area contributed by atoms with Gasteiger partial charge in [0.2, 0.25) is 0 Å². The Balaban J connectivity index is 1.41. The average molecular weight is 484 g/mol. The second-order valence-corrected chi connectivity index (χ2v) is 10.2. The molecule has 2 aromatic heterocycles. The van der Waals surface area contributed by atoms with Crippen molar-refractivity contribution in [3.63, 3.8) is 0 Å². The van der Waals surface area contributed by atoms with Gasteiger partial charge in [-0.05, 0) is 64.5 Å². The summed E-state index contributed by atoms with van der Waals surface area (Å²) in [5.41, 5.74) is 6.93. The summed E-state index contributed by atoms with van der Waals surface area (Å²) in [7, 11) is 0. The molecule has 2 aliphatic rings. The molecule has 0 unspecified atom stereocenters. The first-order valence-electron chi connectivity index (χ1n) is 12.5. The van der Waals surface area contributed by atoms with E-state index in [-0.39, 0.29) is 30.5 Å². The van der Waals surface area contributed by atoms with Crippen molar-refractivity contribution in [1.29, 1.82) is 0 Å². The number of carbonyl (C=O) groups excluding carboxylic acids is 1. The van der Waals surface area contributed by atoms with Gasteiger partial charge in [-0.3, -0.25) is 4.79 Å². The third-order valence-corrected chi connectivity index (χ3v) is 6.35. The van der Waals surface area contributed by atoms with E-state index in [1.165, 1.54) is 0 Å². The molecule has 2 fully saturated rings. The fourth-order valence-corrected chi connectivity index (χ4v) is 4.47. The van der Waals surface area contributed by atoms with Gasteiger partial charge in [-0.1, -0.05) is 13.5 Å². The average Bonchev–Trinajstić information content (AvgIpc) is 3.54. The Morgan fingerprint density at radius 3 is 2.60 bits per heavy atom. The maximum atomic E-state index is 13.2. The third-order valence-electron chi connectivity index (χ3n) is 6.35. The monoisotopic (exact) mass is 483 g/mol. The molecule has 4 N–H and O–H groups in total. The van der Waals surface area contributed by atoms with Gasteiger partial charge in [0.05, 0.1) is 28.6 Å². The van der Waals surface area contributed by atoms with Gasteiger partial charge in [0.15, 0.2) is 5.90 Å². The molecule has 0 bridgehead atoms. The Morgan fingerprint density at radius 2 is 2.00 bits per heavy atom. The van der Waals surface area contributed by atoms with E-state index in [0.29, 0.717) is 29.5 Å². The lowest BCUT2D eigenvalue weighted by molar-refractivity contribution is 0.0279. The molecule has 2 aliphatic carbocycles. The van der Waals surface area contributed by atoms with Crippen LogP contribution in [0.25, 0.3) is 5.52 Å². The van der Waals surface area contributed by atoms with Gasteiger partial charge in [0.25, 0.3) is 5.91 Å². The van der Waals surface area contributed by atoms with Gasteiger partial charge in [0, 0.05) is 18.4 Å². The highest BCUT2D eigenvalue weighted by Crippen LogP contribution is 2.44. The summed E-state index contributed by atoms with van der Waals surface area (Å²) in [6.07, 6.45) is 7.83. The van der Waals surface area contributed by atoms with Gasteiger partial charge >= 0.3 is 0 Å². The van der Waals surface area contributed by atoms with E-state index < -0.39 is 5.60 Å². The van der Waals surface area contributed by atoms with Crippen LogP contribution in [0.2, 0.25) is 0 Å². The topological polar surface area (TPSA) is 123 Å². The summed E-state index contributed by atoms with van der Waals surface area (Å²) in [5.74, 6) is 1.80. The Labute approximate surface area is 206 Å². The van der Waals surface area contributed by atoms with E-state index in [4.69, 9.17) is 15.2 Å². The summed E-state index contributed by atoms with van der Waals surface area (Å²) in [4.78, 5) is 17.3. The Kier molecular flexibility index (Phi) is 7.35. The Bertz CT molecular complexity index is 1100. The standard InChI is InChI=1S/C26H37N5O4/c1-5-23(29-16(2)27)35-19-10-8-18(9-11-19)30-25(32)20-14-28-31-21(20)12-13-22(24(31)17-6-7-17)34-15-26(3,4)33/h12-14,17-19,33H,2,5-11,15,27H2,1,3-4H3,(H,30,32)/b29-23+. The second-order valence-electron chi connectivity index (χ2n) is 10.2. The first-order chi connectivity index (χ1) is 16.6. The van der Waals surface area contributed by atoms with Crippen molar-refractivity contribution in [2.45, 2.75) is 89.4 Å². The van der Waals surface area contributed by atoms with E-state index in [2.05, 4.69) is 22.0 Å². The molecule has 0 saturated heterocycles. The highest BCUT2D eigenvalue weighted by atomic mass is 16.5. The zero-order valence-corrected chi connectivity index (χ0v) is 20.9. The van der Waals surface area contributed by atoms with Crippen LogP contribution in [-0.2, 0) is 4.74 Å². The van der Waals surface area contributed by atoms with Gasteiger partial charge in [-0.25, -0.2) is 9.51 Å². The van der Waals surface area contributed by atoms with E-state index >= 15 is 0 Å². The number of hydrogen-bond acceptors (Lipinski definition) is 7. The van der Waals surface area contributed by atoms with Crippen molar-refractivity contribution in [1.82, 2.24) is 14.9 Å². The number of pyridine rings is 1. The van der Waals surface area contributed by atoms with Crippen LogP contribution in [0.3, 0.4) is 0 Å². The lowest BCUT2D eigenvalue weighted by Crippen LogP contribution is -2.39. The highest BCUT2D eigenvalue weighted by molar-refractivity contribution is 6.00. The number of nitrogens with zero attached hydrogens (tertiary/aromatic N) is 3. The smallest absolute Gasteiger partial charge is 0.255 e. The molecule has 9 nitrogen and oxygen atoms in total. The summed E-state index contributed by atoms with van der Waals surface area (Å²) >= 11 is 0. The van der Waals surface area contributed by atoms with Crippen LogP contribution in [0.4, 0.5) is 0 Å². The number of fused-ring (bicyclic) bond motifs is 1. The molecule has 1 amide bonds. The van der Waals surface area contributed by atoms with Crippen molar-refractivity contribution >= 4 is 17.3 Å². The van der Waals surface area contributed by atoms with Crippen molar-refractivity contribution in [2.75, 3.05) is 6.61 Å². The molecule has 0 aliphatic heterocycles. The number of aromatic nitrogens is 2. The lowest BCUT2D eigenvalue weighted by atomic mass is 9.92. The zero-order valence-electron chi connectivity index (χ0n) is 20.9. The van der Waals surface area contributed by atoms with Crippen molar-refractivity contribution in [3.8, 4) is 5.75 Å². The van der Waals surface area contributed by atoms with E-state index in [1.807, 2.05) is 23.6 Å². The van der Waals surface area contributed by atoms with Gasteiger partial charge in [-0.15, -0.1) is 0 Å². The normalized spacial score (nSPS) is 21.1. The summed E-state index contributed by atoms with van der Waals surface area (Å²) < 4.78 is 13.7. The number of nitrogens with two attached hydrogens (primary N) is 1. The third kappa shape index (κ3) is 6.33. The van der Waals surface area contributed by atoms with Crippen LogP contribution in [-0.4, -0.2) is 50.9 Å². The molecular formula is C26H37N5O4. The summed E-state index contributed by atoms with van der Waals surface area (Å²) in [6, 6.07) is 3.84. The molecule has 9 heteroatoms. The molecule has 0 aromatic carbocycles. The molecule has 190 valence electrons. The molecule has 2 heterocycles. The highest BCUT2D eigenvalue weighted by Gasteiger charge is 2.32. The zero-order chi connectivity index (χ0) is 25.2. The van der Waals surface area contributed by atoms with Crippen LogP contribution >= 0.6 is 0 Å². The minimum Gasteiger partial charge on any atom is -0.489 e. The predicted molar refractivity (Wildman–Crippen MR) is 135 cm³/mol. The van der Waals surface area contributed by atoms with Gasteiger partial charge in [-0.2, -0.15) is 5.10 Å².